The van der Waals surface area contributed by atoms with Gasteiger partial charge in [0, 0.05) is 25.7 Å². The SMILES string of the molecule is CC(O)CN(CCOCC1CCCO1)C(C)C. The number of hydrogen-bond acceptors (Lipinski definition) is 4. The molecule has 17 heavy (non-hydrogen) atoms. The maximum Gasteiger partial charge on any atom is 0.0809 e. The van der Waals surface area contributed by atoms with Crippen molar-refractivity contribution >= 4 is 0 Å². The van der Waals surface area contributed by atoms with Crippen molar-refractivity contribution in [3.8, 4) is 0 Å². The van der Waals surface area contributed by atoms with E-state index in [-0.39, 0.29) is 6.10 Å². The fourth-order valence-electron chi connectivity index (χ4n) is 2.07. The highest BCUT2D eigenvalue weighted by Gasteiger charge is 2.16. The van der Waals surface area contributed by atoms with E-state index in [2.05, 4.69) is 18.7 Å². The minimum absolute atomic E-state index is 0.282. The molecule has 102 valence electrons. The minimum atomic E-state index is -0.282. The normalized spacial score (nSPS) is 22.6. The van der Waals surface area contributed by atoms with Gasteiger partial charge < -0.3 is 14.6 Å². The van der Waals surface area contributed by atoms with Crippen LogP contribution in [0, 0.1) is 0 Å². The van der Waals surface area contributed by atoms with Gasteiger partial charge in [0.05, 0.1) is 25.4 Å². The molecule has 1 heterocycles. The maximum atomic E-state index is 9.40. The number of hydrogen-bond donors (Lipinski definition) is 1. The molecule has 0 amide bonds. The van der Waals surface area contributed by atoms with Gasteiger partial charge in [-0.15, -0.1) is 0 Å². The van der Waals surface area contributed by atoms with Crippen LogP contribution in [0.5, 0.6) is 0 Å². The molecule has 0 spiro atoms. The van der Waals surface area contributed by atoms with Crippen molar-refractivity contribution in [2.75, 3.05) is 32.9 Å². The summed E-state index contributed by atoms with van der Waals surface area (Å²) in [4.78, 5) is 2.24. The molecule has 0 radical (unpaired) electrons. The molecule has 1 N–H and O–H groups in total. The van der Waals surface area contributed by atoms with Gasteiger partial charge in [0.25, 0.3) is 0 Å². The summed E-state index contributed by atoms with van der Waals surface area (Å²) >= 11 is 0. The van der Waals surface area contributed by atoms with Gasteiger partial charge in [0.2, 0.25) is 0 Å². The third kappa shape index (κ3) is 6.36. The van der Waals surface area contributed by atoms with Crippen molar-refractivity contribution in [1.29, 1.82) is 0 Å². The number of aliphatic hydroxyl groups excluding tert-OH is 1. The monoisotopic (exact) mass is 245 g/mol. The lowest BCUT2D eigenvalue weighted by Crippen LogP contribution is -2.39. The zero-order valence-electron chi connectivity index (χ0n) is 11.4. The summed E-state index contributed by atoms with van der Waals surface area (Å²) in [6.45, 7) is 9.99. The Kier molecular flexibility index (Phi) is 7.04. The van der Waals surface area contributed by atoms with E-state index >= 15 is 0 Å². The minimum Gasteiger partial charge on any atom is -0.392 e. The van der Waals surface area contributed by atoms with Crippen molar-refractivity contribution in [2.45, 2.75) is 51.9 Å². The molecule has 1 saturated heterocycles. The second-order valence-corrected chi connectivity index (χ2v) is 5.15. The summed E-state index contributed by atoms with van der Waals surface area (Å²) in [5, 5.41) is 9.40. The van der Waals surface area contributed by atoms with Crippen molar-refractivity contribution in [3.63, 3.8) is 0 Å². The first-order valence-electron chi connectivity index (χ1n) is 6.71. The summed E-state index contributed by atoms with van der Waals surface area (Å²) in [5.41, 5.74) is 0. The van der Waals surface area contributed by atoms with Gasteiger partial charge in [-0.1, -0.05) is 0 Å². The molecule has 4 nitrogen and oxygen atoms in total. The maximum absolute atomic E-state index is 9.40. The number of ether oxygens (including phenoxy) is 2. The van der Waals surface area contributed by atoms with Crippen molar-refractivity contribution in [1.82, 2.24) is 4.90 Å². The molecule has 0 saturated carbocycles. The van der Waals surface area contributed by atoms with Crippen LogP contribution in [0.2, 0.25) is 0 Å². The van der Waals surface area contributed by atoms with Crippen LogP contribution >= 0.6 is 0 Å². The molecule has 0 aromatic carbocycles. The molecule has 2 unspecified atom stereocenters. The highest BCUT2D eigenvalue weighted by Crippen LogP contribution is 2.11. The summed E-state index contributed by atoms with van der Waals surface area (Å²) in [6, 6.07) is 0.441. The van der Waals surface area contributed by atoms with Crippen LogP contribution in [0.15, 0.2) is 0 Å². The quantitative estimate of drug-likeness (QED) is 0.654. The van der Waals surface area contributed by atoms with E-state index in [4.69, 9.17) is 9.47 Å². The zero-order valence-corrected chi connectivity index (χ0v) is 11.4. The van der Waals surface area contributed by atoms with Crippen LogP contribution < -0.4 is 0 Å². The lowest BCUT2D eigenvalue weighted by atomic mass is 10.2. The molecule has 0 bridgehead atoms. The standard InChI is InChI=1S/C13H27NO3/c1-11(2)14(9-12(3)15)6-8-16-10-13-5-4-7-17-13/h11-13,15H,4-10H2,1-3H3. The Balaban J connectivity index is 2.09. The molecular weight excluding hydrogens is 218 g/mol. The van der Waals surface area contributed by atoms with Crippen molar-refractivity contribution < 1.29 is 14.6 Å². The van der Waals surface area contributed by atoms with E-state index in [1.807, 2.05) is 6.92 Å². The second-order valence-electron chi connectivity index (χ2n) is 5.15. The van der Waals surface area contributed by atoms with Gasteiger partial charge in [-0.25, -0.2) is 0 Å². The molecule has 1 fully saturated rings. The first kappa shape index (κ1) is 14.9. The van der Waals surface area contributed by atoms with Gasteiger partial charge in [0.15, 0.2) is 0 Å². The van der Waals surface area contributed by atoms with E-state index in [1.165, 1.54) is 0 Å². The summed E-state index contributed by atoms with van der Waals surface area (Å²) in [7, 11) is 0. The van der Waals surface area contributed by atoms with E-state index < -0.39 is 0 Å². The first-order chi connectivity index (χ1) is 8.09. The number of nitrogens with zero attached hydrogens (tertiary/aromatic N) is 1. The Morgan fingerprint density at radius 2 is 2.18 bits per heavy atom. The van der Waals surface area contributed by atoms with E-state index in [1.54, 1.807) is 0 Å². The molecule has 1 rings (SSSR count). The Hall–Kier alpha value is -0.160. The molecule has 2 atom stereocenters. The smallest absolute Gasteiger partial charge is 0.0809 e. The average molecular weight is 245 g/mol. The first-order valence-corrected chi connectivity index (χ1v) is 6.71. The van der Waals surface area contributed by atoms with Gasteiger partial charge in [-0.05, 0) is 33.6 Å². The predicted molar refractivity (Wildman–Crippen MR) is 68.2 cm³/mol. The fraction of sp³-hybridized carbons (Fsp3) is 1.00. The van der Waals surface area contributed by atoms with Gasteiger partial charge in [-0.2, -0.15) is 0 Å². The molecule has 0 aliphatic carbocycles. The van der Waals surface area contributed by atoms with Crippen LogP contribution in [-0.2, 0) is 9.47 Å². The Bertz CT molecular complexity index is 191. The van der Waals surface area contributed by atoms with E-state index in [9.17, 15) is 5.11 Å². The number of rotatable bonds is 8. The highest BCUT2D eigenvalue weighted by atomic mass is 16.5. The fourth-order valence-corrected chi connectivity index (χ4v) is 2.07. The van der Waals surface area contributed by atoms with Crippen LogP contribution in [0.1, 0.15) is 33.6 Å². The lowest BCUT2D eigenvalue weighted by Gasteiger charge is -2.27. The van der Waals surface area contributed by atoms with Crippen LogP contribution in [0.25, 0.3) is 0 Å². The van der Waals surface area contributed by atoms with E-state index in [0.717, 1.165) is 26.0 Å². The Morgan fingerprint density at radius 1 is 1.41 bits per heavy atom. The topological polar surface area (TPSA) is 41.9 Å². The van der Waals surface area contributed by atoms with Gasteiger partial charge >= 0.3 is 0 Å². The van der Waals surface area contributed by atoms with E-state index in [0.29, 0.717) is 31.9 Å². The Labute approximate surface area is 105 Å². The van der Waals surface area contributed by atoms with Crippen LogP contribution in [0.3, 0.4) is 0 Å². The number of aliphatic hydroxyl groups is 1. The average Bonchev–Trinajstić information content (AvgIpc) is 2.74. The van der Waals surface area contributed by atoms with Crippen molar-refractivity contribution in [3.05, 3.63) is 0 Å². The molecule has 4 heteroatoms. The Morgan fingerprint density at radius 3 is 2.71 bits per heavy atom. The van der Waals surface area contributed by atoms with Crippen molar-refractivity contribution in [2.24, 2.45) is 0 Å². The molecule has 1 aliphatic rings. The van der Waals surface area contributed by atoms with Gasteiger partial charge in [-0.3, -0.25) is 4.90 Å². The predicted octanol–water partition coefficient (Wildman–Crippen LogP) is 1.27. The second kappa shape index (κ2) is 8.03. The third-order valence-corrected chi connectivity index (χ3v) is 3.08. The molecule has 1 aliphatic heterocycles. The molecular formula is C13H27NO3. The molecule has 0 aromatic rings. The van der Waals surface area contributed by atoms with Crippen LogP contribution in [-0.4, -0.2) is 61.2 Å². The lowest BCUT2D eigenvalue weighted by molar-refractivity contribution is 0.00389. The molecule has 0 aromatic heterocycles. The zero-order chi connectivity index (χ0) is 12.7. The summed E-state index contributed by atoms with van der Waals surface area (Å²) in [5.74, 6) is 0. The van der Waals surface area contributed by atoms with Crippen LogP contribution in [0.4, 0.5) is 0 Å². The van der Waals surface area contributed by atoms with Gasteiger partial charge in [0.1, 0.15) is 0 Å². The third-order valence-electron chi connectivity index (χ3n) is 3.08. The summed E-state index contributed by atoms with van der Waals surface area (Å²) < 4.78 is 11.1. The highest BCUT2D eigenvalue weighted by molar-refractivity contribution is 4.66. The summed E-state index contributed by atoms with van der Waals surface area (Å²) in [6.07, 6.45) is 2.31. The largest absolute Gasteiger partial charge is 0.392 e.